The van der Waals surface area contributed by atoms with Gasteiger partial charge in [-0.25, -0.2) is 4.98 Å². The number of carbonyl (C=O) groups is 1. The van der Waals surface area contributed by atoms with Crippen LogP contribution in [0.3, 0.4) is 0 Å². The molecule has 0 saturated heterocycles. The van der Waals surface area contributed by atoms with Crippen molar-refractivity contribution in [1.29, 1.82) is 0 Å². The summed E-state index contributed by atoms with van der Waals surface area (Å²) in [6.45, 7) is 8.21. The zero-order valence-corrected chi connectivity index (χ0v) is 14.0. The Hall–Kier alpha value is -1.34. The highest BCUT2D eigenvalue weighted by Gasteiger charge is 2.35. The summed E-state index contributed by atoms with van der Waals surface area (Å²) < 4.78 is 4.87. The van der Waals surface area contributed by atoms with Crippen molar-refractivity contribution < 1.29 is 9.53 Å². The fraction of sp³-hybridized carbons (Fsp3) is 0.643. The van der Waals surface area contributed by atoms with Crippen LogP contribution in [0.1, 0.15) is 32.9 Å². The average molecular weight is 313 g/mol. The van der Waals surface area contributed by atoms with E-state index in [1.165, 1.54) is 24.9 Å². The zero-order chi connectivity index (χ0) is 16.0. The van der Waals surface area contributed by atoms with E-state index < -0.39 is 5.54 Å². The number of thioether (sulfide) groups is 1. The van der Waals surface area contributed by atoms with E-state index in [1.807, 2.05) is 20.8 Å². The molecule has 118 valence electrons. The summed E-state index contributed by atoms with van der Waals surface area (Å²) in [6.07, 6.45) is 0.565. The van der Waals surface area contributed by atoms with Crippen molar-refractivity contribution in [1.82, 2.24) is 15.3 Å². The number of nitrogens with zero attached hydrogens (tertiary/aromatic N) is 1. The van der Waals surface area contributed by atoms with Crippen LogP contribution < -0.4 is 10.9 Å². The third kappa shape index (κ3) is 5.17. The van der Waals surface area contributed by atoms with Crippen LogP contribution in [-0.2, 0) is 9.53 Å². The van der Waals surface area contributed by atoms with Crippen molar-refractivity contribution in [3.05, 3.63) is 22.1 Å². The zero-order valence-electron chi connectivity index (χ0n) is 13.1. The van der Waals surface area contributed by atoms with Gasteiger partial charge in [-0.05, 0) is 26.8 Å². The number of hydrogen-bond acceptors (Lipinski definition) is 6. The number of H-pyrrole nitrogens is 1. The Kier molecular flexibility index (Phi) is 6.42. The summed E-state index contributed by atoms with van der Waals surface area (Å²) in [5, 5.41) is 3.82. The average Bonchev–Trinajstić information content (AvgIpc) is 2.36. The molecule has 21 heavy (non-hydrogen) atoms. The number of likely N-dealkylation sites (N-methyl/N-ethyl adjacent to an activating group) is 1. The van der Waals surface area contributed by atoms with E-state index in [-0.39, 0.29) is 16.8 Å². The monoisotopic (exact) mass is 313 g/mol. The molecule has 2 N–H and O–H groups in total. The molecule has 0 aliphatic carbocycles. The number of esters is 1. The van der Waals surface area contributed by atoms with Gasteiger partial charge in [-0.15, -0.1) is 0 Å². The molecule has 1 heterocycles. The molecule has 0 amide bonds. The van der Waals surface area contributed by atoms with Gasteiger partial charge in [-0.3, -0.25) is 9.59 Å². The van der Waals surface area contributed by atoms with E-state index in [1.54, 1.807) is 6.92 Å². The highest BCUT2D eigenvalue weighted by molar-refractivity contribution is 7.99. The number of aryl methyl sites for hydroxylation is 1. The molecule has 6 nitrogen and oxygen atoms in total. The number of carbonyl (C=O) groups excluding carboxylic acids is 1. The third-order valence-corrected chi connectivity index (χ3v) is 4.05. The predicted octanol–water partition coefficient (Wildman–Crippen LogP) is 1.49. The highest BCUT2D eigenvalue weighted by atomic mass is 32.2. The predicted molar refractivity (Wildman–Crippen MR) is 83.6 cm³/mol. The van der Waals surface area contributed by atoms with Crippen molar-refractivity contribution in [2.75, 3.05) is 13.7 Å². The van der Waals surface area contributed by atoms with E-state index >= 15 is 0 Å². The number of methoxy groups -OCH3 is 1. The molecule has 0 saturated carbocycles. The van der Waals surface area contributed by atoms with E-state index in [9.17, 15) is 9.59 Å². The molecule has 0 radical (unpaired) electrons. The molecule has 1 aromatic heterocycles. The van der Waals surface area contributed by atoms with Gasteiger partial charge in [0.05, 0.1) is 7.11 Å². The van der Waals surface area contributed by atoms with Crippen LogP contribution >= 0.6 is 11.8 Å². The summed E-state index contributed by atoms with van der Waals surface area (Å²) in [7, 11) is 1.38. The lowest BCUT2D eigenvalue weighted by molar-refractivity contribution is -0.148. The smallest absolute Gasteiger partial charge is 0.325 e. The first-order chi connectivity index (χ1) is 9.80. The second-order valence-electron chi connectivity index (χ2n) is 5.18. The maximum atomic E-state index is 12.0. The van der Waals surface area contributed by atoms with Gasteiger partial charge in [-0.2, -0.15) is 0 Å². The number of hydrogen-bond donors (Lipinski definition) is 2. The first-order valence-electron chi connectivity index (χ1n) is 6.88. The Morgan fingerprint density at radius 1 is 1.62 bits per heavy atom. The minimum atomic E-state index is -0.750. The molecule has 1 aromatic rings. The first-order valence-corrected chi connectivity index (χ1v) is 7.76. The van der Waals surface area contributed by atoms with Crippen LogP contribution in [-0.4, -0.2) is 40.4 Å². The van der Waals surface area contributed by atoms with Crippen LogP contribution in [0.4, 0.5) is 0 Å². The molecular weight excluding hydrogens is 290 g/mol. The quantitative estimate of drug-likeness (QED) is 0.451. The molecular formula is C14H23N3O3S. The maximum absolute atomic E-state index is 12.0. The van der Waals surface area contributed by atoms with Crippen LogP contribution in [0.5, 0.6) is 0 Å². The molecule has 7 heteroatoms. The van der Waals surface area contributed by atoms with Gasteiger partial charge in [0.25, 0.3) is 5.56 Å². The van der Waals surface area contributed by atoms with Crippen LogP contribution in [0.25, 0.3) is 0 Å². The topological polar surface area (TPSA) is 84.1 Å². The molecule has 2 unspecified atom stereocenters. The number of nitrogens with one attached hydrogen (secondary N) is 2. The number of aromatic nitrogens is 2. The van der Waals surface area contributed by atoms with Gasteiger partial charge in [0.1, 0.15) is 5.54 Å². The van der Waals surface area contributed by atoms with Crippen molar-refractivity contribution in [3.63, 3.8) is 0 Å². The number of ether oxygens (including phenoxy) is 1. The summed E-state index contributed by atoms with van der Waals surface area (Å²) in [4.78, 5) is 30.4. The van der Waals surface area contributed by atoms with E-state index in [2.05, 4.69) is 15.3 Å². The van der Waals surface area contributed by atoms with Gasteiger partial charge < -0.3 is 15.0 Å². The third-order valence-electron chi connectivity index (χ3n) is 3.06. The minimum absolute atomic E-state index is 0.0816. The summed E-state index contributed by atoms with van der Waals surface area (Å²) >= 11 is 1.44. The standard InChI is InChI=1S/C14H23N3O3S/c1-6-15-14(4,12(19)20-5)8-10(3)21-13-16-9(2)7-11(18)17-13/h7,10,15H,6,8H2,1-5H3,(H,16,17,18). The summed E-state index contributed by atoms with van der Waals surface area (Å²) in [6, 6.07) is 1.45. The Bertz CT molecular complexity index is 547. The van der Waals surface area contributed by atoms with Gasteiger partial charge in [-0.1, -0.05) is 25.6 Å². The molecule has 0 bridgehead atoms. The van der Waals surface area contributed by atoms with Gasteiger partial charge >= 0.3 is 5.97 Å². The fourth-order valence-corrected chi connectivity index (χ4v) is 3.41. The minimum Gasteiger partial charge on any atom is -0.468 e. The summed E-state index contributed by atoms with van der Waals surface area (Å²) in [5.74, 6) is -0.289. The maximum Gasteiger partial charge on any atom is 0.325 e. The van der Waals surface area contributed by atoms with E-state index in [4.69, 9.17) is 4.74 Å². The lowest BCUT2D eigenvalue weighted by Crippen LogP contribution is -2.51. The first kappa shape index (κ1) is 17.7. The van der Waals surface area contributed by atoms with Crippen molar-refractivity contribution in [2.45, 2.75) is 50.1 Å². The number of rotatable bonds is 7. The molecule has 0 aliphatic heterocycles. The Morgan fingerprint density at radius 3 is 2.81 bits per heavy atom. The fourth-order valence-electron chi connectivity index (χ4n) is 2.26. The normalized spacial score (nSPS) is 15.3. The molecule has 0 aliphatic rings. The van der Waals surface area contributed by atoms with E-state index in [0.717, 1.165) is 0 Å². The van der Waals surface area contributed by atoms with Crippen LogP contribution in [0.15, 0.2) is 16.0 Å². The lowest BCUT2D eigenvalue weighted by atomic mass is 9.96. The highest BCUT2D eigenvalue weighted by Crippen LogP contribution is 2.26. The Labute approximate surface area is 129 Å². The molecule has 2 atom stereocenters. The SMILES string of the molecule is CCNC(C)(CC(C)Sc1nc(C)cc(=O)[nH]1)C(=O)OC. The lowest BCUT2D eigenvalue weighted by Gasteiger charge is -2.29. The molecule has 0 spiro atoms. The van der Waals surface area contributed by atoms with Gasteiger partial charge in [0.15, 0.2) is 5.16 Å². The Balaban J connectivity index is 2.80. The van der Waals surface area contributed by atoms with Crippen molar-refractivity contribution in [2.24, 2.45) is 0 Å². The van der Waals surface area contributed by atoms with Gasteiger partial charge in [0, 0.05) is 17.0 Å². The second-order valence-corrected chi connectivity index (χ2v) is 6.61. The number of aromatic amines is 1. The van der Waals surface area contributed by atoms with Crippen molar-refractivity contribution in [3.8, 4) is 0 Å². The van der Waals surface area contributed by atoms with Crippen molar-refractivity contribution >= 4 is 17.7 Å². The molecule has 0 aromatic carbocycles. The largest absolute Gasteiger partial charge is 0.468 e. The van der Waals surface area contributed by atoms with Crippen LogP contribution in [0, 0.1) is 6.92 Å². The Morgan fingerprint density at radius 2 is 2.29 bits per heavy atom. The molecule has 0 fully saturated rings. The molecule has 1 rings (SSSR count). The van der Waals surface area contributed by atoms with Gasteiger partial charge in [0.2, 0.25) is 0 Å². The van der Waals surface area contributed by atoms with E-state index in [0.29, 0.717) is 23.8 Å². The second kappa shape index (κ2) is 7.61. The van der Waals surface area contributed by atoms with Crippen LogP contribution in [0.2, 0.25) is 0 Å². The summed E-state index contributed by atoms with van der Waals surface area (Å²) in [5.41, 5.74) is -0.240.